The Morgan fingerprint density at radius 1 is 1.30 bits per heavy atom. The molecule has 1 saturated heterocycles. The quantitative estimate of drug-likeness (QED) is 0.866. The minimum atomic E-state index is -0.370. The number of rotatable bonds is 4. The number of nitrogens with one attached hydrogen (secondary N) is 2. The average molecular weight is 372 g/mol. The van der Waals surface area contributed by atoms with Gasteiger partial charge in [-0.25, -0.2) is 9.18 Å². The predicted molar refractivity (Wildman–Crippen MR) is 98.9 cm³/mol. The Morgan fingerprint density at radius 3 is 2.85 bits per heavy atom. The van der Waals surface area contributed by atoms with E-state index in [1.807, 2.05) is 29.1 Å². The van der Waals surface area contributed by atoms with E-state index < -0.39 is 0 Å². The maximum absolute atomic E-state index is 13.2. The highest BCUT2D eigenvalue weighted by atomic mass is 19.1. The molecule has 2 aromatic rings. The SMILES string of the molecule is O=C(NC1CCCNC1)OC1CC(c2ccc(F)cc2)CC1n1cccn1. The van der Waals surface area contributed by atoms with Gasteiger partial charge in [0, 0.05) is 25.0 Å². The van der Waals surface area contributed by atoms with Crippen molar-refractivity contribution < 1.29 is 13.9 Å². The van der Waals surface area contributed by atoms with E-state index in [2.05, 4.69) is 15.7 Å². The van der Waals surface area contributed by atoms with E-state index in [0.717, 1.165) is 37.9 Å². The molecule has 0 radical (unpaired) electrons. The largest absolute Gasteiger partial charge is 0.444 e. The number of hydrogen-bond acceptors (Lipinski definition) is 4. The number of carbonyl (C=O) groups is 1. The summed E-state index contributed by atoms with van der Waals surface area (Å²) < 4.78 is 20.9. The van der Waals surface area contributed by atoms with Gasteiger partial charge in [-0.2, -0.15) is 5.10 Å². The summed E-state index contributed by atoms with van der Waals surface area (Å²) in [4.78, 5) is 12.4. The number of hydrogen-bond donors (Lipinski definition) is 2. The fourth-order valence-corrected chi connectivity index (χ4v) is 4.18. The summed E-state index contributed by atoms with van der Waals surface area (Å²) in [7, 11) is 0. The van der Waals surface area contributed by atoms with Crippen molar-refractivity contribution in [2.75, 3.05) is 13.1 Å². The van der Waals surface area contributed by atoms with E-state index in [4.69, 9.17) is 4.74 Å². The van der Waals surface area contributed by atoms with Gasteiger partial charge in [-0.15, -0.1) is 0 Å². The average Bonchev–Trinajstić information content (AvgIpc) is 3.33. The second kappa shape index (κ2) is 8.08. The molecule has 1 aromatic heterocycles. The monoisotopic (exact) mass is 372 g/mol. The van der Waals surface area contributed by atoms with Crippen molar-refractivity contribution in [2.24, 2.45) is 0 Å². The minimum Gasteiger partial charge on any atom is -0.444 e. The van der Waals surface area contributed by atoms with E-state index in [0.29, 0.717) is 6.42 Å². The molecule has 4 atom stereocenters. The molecule has 27 heavy (non-hydrogen) atoms. The highest BCUT2D eigenvalue weighted by Crippen LogP contribution is 2.42. The third-order valence-electron chi connectivity index (χ3n) is 5.56. The van der Waals surface area contributed by atoms with Gasteiger partial charge in [0.2, 0.25) is 0 Å². The summed E-state index contributed by atoms with van der Waals surface area (Å²) in [6, 6.07) is 8.56. The molecule has 2 fully saturated rings. The predicted octanol–water partition coefficient (Wildman–Crippen LogP) is 2.99. The maximum Gasteiger partial charge on any atom is 0.407 e. The molecule has 1 saturated carbocycles. The van der Waals surface area contributed by atoms with Crippen molar-refractivity contribution >= 4 is 6.09 Å². The molecule has 2 aliphatic rings. The number of halogens is 1. The molecule has 6 nitrogen and oxygen atoms in total. The van der Waals surface area contributed by atoms with Crippen molar-refractivity contribution in [3.8, 4) is 0 Å². The van der Waals surface area contributed by atoms with Crippen LogP contribution in [0.5, 0.6) is 0 Å². The smallest absolute Gasteiger partial charge is 0.407 e. The lowest BCUT2D eigenvalue weighted by Gasteiger charge is -2.25. The van der Waals surface area contributed by atoms with Crippen LogP contribution in [0.2, 0.25) is 0 Å². The van der Waals surface area contributed by atoms with Crippen LogP contribution in [0.3, 0.4) is 0 Å². The van der Waals surface area contributed by atoms with Gasteiger partial charge in [-0.1, -0.05) is 12.1 Å². The maximum atomic E-state index is 13.2. The zero-order valence-electron chi connectivity index (χ0n) is 15.2. The normalized spacial score (nSPS) is 28.0. The molecule has 1 aromatic carbocycles. The first-order valence-corrected chi connectivity index (χ1v) is 9.61. The van der Waals surface area contributed by atoms with Crippen molar-refractivity contribution in [3.63, 3.8) is 0 Å². The summed E-state index contributed by atoms with van der Waals surface area (Å²) in [5, 5.41) is 10.6. The molecular formula is C20H25FN4O2. The molecule has 4 rings (SSSR count). The van der Waals surface area contributed by atoms with Crippen LogP contribution in [0.15, 0.2) is 42.7 Å². The van der Waals surface area contributed by atoms with Gasteiger partial charge in [0.1, 0.15) is 11.9 Å². The molecule has 2 N–H and O–H groups in total. The van der Waals surface area contributed by atoms with Gasteiger partial charge in [-0.05, 0) is 61.9 Å². The summed E-state index contributed by atoms with van der Waals surface area (Å²) in [6.07, 6.45) is 6.52. The second-order valence-electron chi connectivity index (χ2n) is 7.40. The Balaban J connectivity index is 1.44. The van der Waals surface area contributed by atoms with Gasteiger partial charge in [0.05, 0.1) is 6.04 Å². The number of nitrogens with zero attached hydrogens (tertiary/aromatic N) is 2. The lowest BCUT2D eigenvalue weighted by atomic mass is 9.97. The molecule has 144 valence electrons. The zero-order valence-corrected chi connectivity index (χ0v) is 15.2. The van der Waals surface area contributed by atoms with Crippen LogP contribution in [0.4, 0.5) is 9.18 Å². The first-order chi connectivity index (χ1) is 13.2. The number of benzene rings is 1. The first-order valence-electron chi connectivity index (χ1n) is 9.61. The first kappa shape index (κ1) is 18.0. The molecular weight excluding hydrogens is 347 g/mol. The topological polar surface area (TPSA) is 68.2 Å². The third kappa shape index (κ3) is 4.30. The Labute approximate surface area is 158 Å². The number of ether oxygens (including phenoxy) is 1. The standard InChI is InChI=1S/C20H25FN4O2/c21-16-6-4-14(5-7-16)15-11-18(25-10-2-9-23-25)19(12-15)27-20(26)24-17-3-1-8-22-13-17/h2,4-7,9-10,15,17-19,22H,1,3,8,11-13H2,(H,24,26). The van der Waals surface area contributed by atoms with E-state index in [1.54, 1.807) is 6.20 Å². The van der Waals surface area contributed by atoms with Crippen LogP contribution < -0.4 is 10.6 Å². The minimum absolute atomic E-state index is 0.0229. The number of piperidine rings is 1. The van der Waals surface area contributed by atoms with Crippen LogP contribution in [0, 0.1) is 5.82 Å². The van der Waals surface area contributed by atoms with Gasteiger partial charge in [0.15, 0.2) is 0 Å². The van der Waals surface area contributed by atoms with Crippen molar-refractivity contribution in [1.29, 1.82) is 0 Å². The molecule has 1 amide bonds. The summed E-state index contributed by atoms with van der Waals surface area (Å²) in [6.45, 7) is 1.77. The summed E-state index contributed by atoms with van der Waals surface area (Å²) >= 11 is 0. The van der Waals surface area contributed by atoms with Crippen molar-refractivity contribution in [1.82, 2.24) is 20.4 Å². The van der Waals surface area contributed by atoms with Gasteiger partial charge in [-0.3, -0.25) is 4.68 Å². The van der Waals surface area contributed by atoms with Crippen LogP contribution >= 0.6 is 0 Å². The summed E-state index contributed by atoms with van der Waals surface area (Å²) in [5.74, 6) is -0.0393. The number of alkyl carbamates (subject to hydrolysis) is 1. The second-order valence-corrected chi connectivity index (χ2v) is 7.40. The molecule has 2 heterocycles. The number of carbonyl (C=O) groups excluding carboxylic acids is 1. The Hall–Kier alpha value is -2.41. The van der Waals surface area contributed by atoms with E-state index >= 15 is 0 Å². The zero-order chi connectivity index (χ0) is 18.6. The Kier molecular flexibility index (Phi) is 5.38. The van der Waals surface area contributed by atoms with Gasteiger partial charge in [0.25, 0.3) is 0 Å². The highest BCUT2D eigenvalue weighted by Gasteiger charge is 2.39. The molecule has 1 aliphatic carbocycles. The van der Waals surface area contributed by atoms with Gasteiger partial charge < -0.3 is 15.4 Å². The fourth-order valence-electron chi connectivity index (χ4n) is 4.18. The van der Waals surface area contributed by atoms with Gasteiger partial charge >= 0.3 is 6.09 Å². The van der Waals surface area contributed by atoms with Crippen LogP contribution in [0.25, 0.3) is 0 Å². The van der Waals surface area contributed by atoms with E-state index in [9.17, 15) is 9.18 Å². The number of amides is 1. The molecule has 0 spiro atoms. The van der Waals surface area contributed by atoms with Crippen molar-refractivity contribution in [3.05, 3.63) is 54.1 Å². The van der Waals surface area contributed by atoms with E-state index in [1.165, 1.54) is 12.1 Å². The van der Waals surface area contributed by atoms with Crippen molar-refractivity contribution in [2.45, 2.75) is 49.8 Å². The Morgan fingerprint density at radius 2 is 2.15 bits per heavy atom. The highest BCUT2D eigenvalue weighted by molar-refractivity contribution is 5.68. The van der Waals surface area contributed by atoms with Crippen LogP contribution in [0.1, 0.15) is 43.2 Å². The lowest BCUT2D eigenvalue weighted by molar-refractivity contribution is 0.0715. The molecule has 1 aliphatic heterocycles. The Bertz CT molecular complexity index is 744. The van der Waals surface area contributed by atoms with Crippen LogP contribution in [-0.2, 0) is 4.74 Å². The third-order valence-corrected chi connectivity index (χ3v) is 5.56. The molecule has 4 unspecified atom stereocenters. The molecule has 7 heteroatoms. The number of aromatic nitrogens is 2. The fraction of sp³-hybridized carbons (Fsp3) is 0.500. The molecule has 0 bridgehead atoms. The van der Waals surface area contributed by atoms with E-state index in [-0.39, 0.29) is 36.0 Å². The summed E-state index contributed by atoms with van der Waals surface area (Å²) in [5.41, 5.74) is 1.07. The van der Waals surface area contributed by atoms with Crippen LogP contribution in [-0.4, -0.2) is 41.1 Å². The lowest BCUT2D eigenvalue weighted by Crippen LogP contribution is -2.46.